The van der Waals surface area contributed by atoms with Crippen LogP contribution in [0.15, 0.2) is 12.2 Å². The molecule has 0 bridgehead atoms. The van der Waals surface area contributed by atoms with E-state index in [2.05, 4.69) is 31.3 Å². The molecule has 0 aromatic heterocycles. The highest BCUT2D eigenvalue weighted by atomic mass is 16.5. The number of esters is 1. The standard InChI is InChI=1S/C72H141NO5/c1-3-5-7-9-11-13-14-15-16-36-40-43-46-50-54-58-62-66-72(77)78-67-63-59-55-51-47-44-41-38-35-33-31-29-27-25-23-21-19-17-18-20-22-24-26-28-30-32-34-37-39-42-45-49-53-57-61-65-71(76)73-69(68-74)70(75)64-60-56-52-48-12-10-8-6-4-2/h19,21,69-70,74-75H,3-18,20,22-68H2,1-2H3,(H,73,76)/b21-19-. The molecule has 0 spiro atoms. The second kappa shape index (κ2) is 68.1. The number of hydrogen-bond donors (Lipinski definition) is 3. The highest BCUT2D eigenvalue weighted by Gasteiger charge is 2.20. The van der Waals surface area contributed by atoms with Crippen molar-refractivity contribution in [3.05, 3.63) is 12.2 Å². The smallest absolute Gasteiger partial charge is 0.305 e. The normalized spacial score (nSPS) is 12.5. The number of unbranched alkanes of at least 4 members (excludes halogenated alkanes) is 55. The number of ether oxygens (including phenoxy) is 1. The number of carbonyl (C=O) groups excluding carboxylic acids is 2. The lowest BCUT2D eigenvalue weighted by Gasteiger charge is -2.22. The predicted molar refractivity (Wildman–Crippen MR) is 343 cm³/mol. The van der Waals surface area contributed by atoms with Crippen molar-refractivity contribution in [3.8, 4) is 0 Å². The molecule has 0 heterocycles. The van der Waals surface area contributed by atoms with Crippen molar-refractivity contribution < 1.29 is 24.5 Å². The van der Waals surface area contributed by atoms with Crippen molar-refractivity contribution in [3.63, 3.8) is 0 Å². The number of aliphatic hydroxyl groups excluding tert-OH is 2. The van der Waals surface area contributed by atoms with Crippen molar-refractivity contribution in [2.24, 2.45) is 0 Å². The van der Waals surface area contributed by atoms with Crippen LogP contribution in [0.1, 0.15) is 412 Å². The van der Waals surface area contributed by atoms with Gasteiger partial charge in [-0.05, 0) is 51.4 Å². The average Bonchev–Trinajstić information content (AvgIpc) is 3.44. The zero-order chi connectivity index (χ0) is 56.4. The molecule has 3 N–H and O–H groups in total. The molecule has 0 aromatic rings. The Bertz CT molecular complexity index is 1180. The van der Waals surface area contributed by atoms with Crippen LogP contribution in [0.4, 0.5) is 0 Å². The Morgan fingerprint density at radius 3 is 0.910 bits per heavy atom. The van der Waals surface area contributed by atoms with E-state index < -0.39 is 12.1 Å². The summed E-state index contributed by atoms with van der Waals surface area (Å²) in [7, 11) is 0. The molecule has 0 fully saturated rings. The van der Waals surface area contributed by atoms with Crippen LogP contribution in [-0.2, 0) is 14.3 Å². The molecule has 0 aliphatic rings. The van der Waals surface area contributed by atoms with Crippen molar-refractivity contribution in [2.75, 3.05) is 13.2 Å². The van der Waals surface area contributed by atoms with E-state index in [1.54, 1.807) is 0 Å². The molecular formula is C72H141NO5. The lowest BCUT2D eigenvalue weighted by atomic mass is 10.0. The SMILES string of the molecule is CCCCCCCCCCCCCCCCCCCC(=O)OCCCCCCCCCCCCCCCC/C=C\CCCCCCCCCCCCCCCCCCCC(=O)NC(CO)C(O)CCCCCCCCCCC. The summed E-state index contributed by atoms with van der Waals surface area (Å²) in [6, 6.07) is -0.536. The van der Waals surface area contributed by atoms with Gasteiger partial charge in [0.05, 0.1) is 25.4 Å². The minimum Gasteiger partial charge on any atom is -0.466 e. The summed E-state index contributed by atoms with van der Waals surface area (Å²) in [5.74, 6) is -0.00668. The first-order chi connectivity index (χ1) is 38.5. The number of carbonyl (C=O) groups is 2. The minimum absolute atomic E-state index is 0.0250. The van der Waals surface area contributed by atoms with Gasteiger partial charge in [0.15, 0.2) is 0 Å². The first kappa shape index (κ1) is 76.6. The van der Waals surface area contributed by atoms with Gasteiger partial charge in [-0.2, -0.15) is 0 Å². The lowest BCUT2D eigenvalue weighted by Crippen LogP contribution is -2.45. The number of allylic oxidation sites excluding steroid dienone is 2. The van der Waals surface area contributed by atoms with E-state index in [4.69, 9.17) is 4.74 Å². The van der Waals surface area contributed by atoms with E-state index in [1.807, 2.05) is 0 Å². The number of aliphatic hydroxyl groups is 2. The second-order valence-electron chi connectivity index (χ2n) is 24.9. The summed E-state index contributed by atoms with van der Waals surface area (Å²) in [6.45, 7) is 4.97. The quantitative estimate of drug-likeness (QED) is 0.0320. The molecular weight excluding hydrogens is 959 g/mol. The van der Waals surface area contributed by atoms with Gasteiger partial charge in [-0.15, -0.1) is 0 Å². The van der Waals surface area contributed by atoms with E-state index in [9.17, 15) is 19.8 Å². The fourth-order valence-corrected chi connectivity index (χ4v) is 11.6. The molecule has 464 valence electrons. The van der Waals surface area contributed by atoms with Crippen LogP contribution in [0.5, 0.6) is 0 Å². The summed E-state index contributed by atoms with van der Waals surface area (Å²) in [4.78, 5) is 24.5. The van der Waals surface area contributed by atoms with Gasteiger partial charge >= 0.3 is 5.97 Å². The van der Waals surface area contributed by atoms with E-state index in [0.29, 0.717) is 25.9 Å². The molecule has 0 saturated carbocycles. The molecule has 0 aliphatic heterocycles. The molecule has 0 radical (unpaired) electrons. The predicted octanol–water partition coefficient (Wildman–Crippen LogP) is 23.1. The van der Waals surface area contributed by atoms with Gasteiger partial charge in [0, 0.05) is 12.8 Å². The van der Waals surface area contributed by atoms with Gasteiger partial charge in [0.25, 0.3) is 0 Å². The molecule has 2 atom stereocenters. The Morgan fingerprint density at radius 2 is 0.603 bits per heavy atom. The fourth-order valence-electron chi connectivity index (χ4n) is 11.6. The number of amides is 1. The number of rotatable bonds is 68. The van der Waals surface area contributed by atoms with Crippen molar-refractivity contribution in [2.45, 2.75) is 424 Å². The van der Waals surface area contributed by atoms with E-state index in [-0.39, 0.29) is 18.5 Å². The van der Waals surface area contributed by atoms with Gasteiger partial charge in [0.1, 0.15) is 0 Å². The van der Waals surface area contributed by atoms with E-state index in [0.717, 1.165) is 38.5 Å². The topological polar surface area (TPSA) is 95.9 Å². The second-order valence-corrected chi connectivity index (χ2v) is 24.9. The molecule has 0 rings (SSSR count). The molecule has 0 saturated heterocycles. The third-order valence-electron chi connectivity index (χ3n) is 17.1. The zero-order valence-electron chi connectivity index (χ0n) is 53.2. The molecule has 1 amide bonds. The van der Waals surface area contributed by atoms with Crippen LogP contribution in [-0.4, -0.2) is 47.4 Å². The van der Waals surface area contributed by atoms with Crippen LogP contribution in [0.25, 0.3) is 0 Å². The van der Waals surface area contributed by atoms with Crippen LogP contribution in [0, 0.1) is 0 Å². The number of nitrogens with one attached hydrogen (secondary N) is 1. The lowest BCUT2D eigenvalue weighted by molar-refractivity contribution is -0.143. The van der Waals surface area contributed by atoms with Crippen molar-refractivity contribution >= 4 is 11.9 Å². The summed E-state index contributed by atoms with van der Waals surface area (Å²) in [5, 5.41) is 23.1. The Labute approximate surface area is 489 Å². The third-order valence-corrected chi connectivity index (χ3v) is 17.1. The number of hydrogen-bond acceptors (Lipinski definition) is 5. The Balaban J connectivity index is 3.29. The third kappa shape index (κ3) is 63.8. The maximum absolute atomic E-state index is 12.4. The van der Waals surface area contributed by atoms with Crippen LogP contribution in [0.2, 0.25) is 0 Å². The van der Waals surface area contributed by atoms with Crippen molar-refractivity contribution in [1.82, 2.24) is 5.32 Å². The first-order valence-corrected chi connectivity index (χ1v) is 35.9. The van der Waals surface area contributed by atoms with Crippen LogP contribution in [0.3, 0.4) is 0 Å². The van der Waals surface area contributed by atoms with E-state index in [1.165, 1.54) is 340 Å². The average molecular weight is 1100 g/mol. The molecule has 0 aliphatic carbocycles. The summed E-state index contributed by atoms with van der Waals surface area (Å²) >= 11 is 0. The first-order valence-electron chi connectivity index (χ1n) is 35.9. The summed E-state index contributed by atoms with van der Waals surface area (Å²) in [6.07, 6.45) is 84.4. The van der Waals surface area contributed by atoms with Crippen LogP contribution >= 0.6 is 0 Å². The van der Waals surface area contributed by atoms with Crippen molar-refractivity contribution in [1.29, 1.82) is 0 Å². The minimum atomic E-state index is -0.658. The van der Waals surface area contributed by atoms with Gasteiger partial charge in [-0.25, -0.2) is 0 Å². The summed E-state index contributed by atoms with van der Waals surface area (Å²) < 4.78 is 5.51. The van der Waals surface area contributed by atoms with Gasteiger partial charge in [-0.3, -0.25) is 9.59 Å². The van der Waals surface area contributed by atoms with E-state index >= 15 is 0 Å². The molecule has 6 nitrogen and oxygen atoms in total. The Morgan fingerprint density at radius 1 is 0.346 bits per heavy atom. The monoisotopic (exact) mass is 1100 g/mol. The maximum Gasteiger partial charge on any atom is 0.305 e. The largest absolute Gasteiger partial charge is 0.466 e. The fraction of sp³-hybridized carbons (Fsp3) is 0.944. The highest BCUT2D eigenvalue weighted by molar-refractivity contribution is 5.76. The Hall–Kier alpha value is -1.40. The summed E-state index contributed by atoms with van der Waals surface area (Å²) in [5.41, 5.74) is 0. The van der Waals surface area contributed by atoms with Gasteiger partial charge in [-0.1, -0.05) is 360 Å². The zero-order valence-corrected chi connectivity index (χ0v) is 53.2. The molecule has 2 unspecified atom stereocenters. The van der Waals surface area contributed by atoms with Crippen LogP contribution < -0.4 is 5.32 Å². The highest BCUT2D eigenvalue weighted by Crippen LogP contribution is 2.19. The molecule has 0 aromatic carbocycles. The maximum atomic E-state index is 12.4. The molecule has 78 heavy (non-hydrogen) atoms. The van der Waals surface area contributed by atoms with Gasteiger partial charge < -0.3 is 20.3 Å². The van der Waals surface area contributed by atoms with Gasteiger partial charge in [0.2, 0.25) is 5.91 Å². The Kier molecular flexibility index (Phi) is 66.9. The molecule has 6 heteroatoms.